The zero-order chi connectivity index (χ0) is 13.0. The molecule has 0 bridgehead atoms. The second-order valence-corrected chi connectivity index (χ2v) is 4.63. The molecule has 0 aliphatic carbocycles. The van der Waals surface area contributed by atoms with Gasteiger partial charge in [0.25, 0.3) is 0 Å². The van der Waals surface area contributed by atoms with Crippen LogP contribution in [0.3, 0.4) is 0 Å². The molecule has 0 amide bonds. The van der Waals surface area contributed by atoms with Crippen LogP contribution in [0.25, 0.3) is 0 Å². The van der Waals surface area contributed by atoms with Crippen molar-refractivity contribution in [2.45, 2.75) is 25.8 Å². The number of nitrogens with one attached hydrogen (secondary N) is 1. The summed E-state index contributed by atoms with van der Waals surface area (Å²) in [5.74, 6) is 1.23. The van der Waals surface area contributed by atoms with E-state index in [-0.39, 0.29) is 0 Å². The molecule has 0 radical (unpaired) electrons. The number of phenolic OH excluding ortho intramolecular Hbond substituents is 1. The number of hydrogen-bond donors (Lipinski definition) is 2. The Labute approximate surface area is 107 Å². The molecule has 0 spiro atoms. The predicted molar refractivity (Wildman–Crippen MR) is 72.7 cm³/mol. The van der Waals surface area contributed by atoms with Gasteiger partial charge in [0.2, 0.25) is 0 Å². The lowest BCUT2D eigenvalue weighted by atomic mass is 10.1. The summed E-state index contributed by atoms with van der Waals surface area (Å²) in [4.78, 5) is 0. The summed E-state index contributed by atoms with van der Waals surface area (Å²) >= 11 is 0. The van der Waals surface area contributed by atoms with Crippen molar-refractivity contribution in [3.63, 3.8) is 0 Å². The Morgan fingerprint density at radius 1 is 1.28 bits per heavy atom. The minimum atomic E-state index is 0.318. The maximum absolute atomic E-state index is 9.21. The van der Waals surface area contributed by atoms with Crippen LogP contribution in [0.2, 0.25) is 0 Å². The first-order chi connectivity index (χ1) is 8.63. The van der Waals surface area contributed by atoms with Crippen molar-refractivity contribution in [3.8, 4) is 5.75 Å². The number of aryl methyl sites for hydroxylation is 2. The van der Waals surface area contributed by atoms with Crippen LogP contribution in [0.5, 0.6) is 5.75 Å². The number of anilines is 1. The SMILES string of the molecule is CC(CCc1ccc(O)cc1)Nc1ccn(C)n1. The molecule has 1 aromatic carbocycles. The minimum absolute atomic E-state index is 0.318. The molecular formula is C14H19N3O. The summed E-state index contributed by atoms with van der Waals surface area (Å²) in [5, 5.41) is 16.9. The van der Waals surface area contributed by atoms with Crippen LogP contribution in [0.15, 0.2) is 36.5 Å². The second kappa shape index (κ2) is 5.58. The predicted octanol–water partition coefficient (Wildman–Crippen LogP) is 2.56. The van der Waals surface area contributed by atoms with Gasteiger partial charge in [-0.2, -0.15) is 5.10 Å². The van der Waals surface area contributed by atoms with Crippen LogP contribution in [0.4, 0.5) is 5.82 Å². The zero-order valence-electron chi connectivity index (χ0n) is 10.8. The van der Waals surface area contributed by atoms with E-state index in [9.17, 15) is 5.11 Å². The van der Waals surface area contributed by atoms with E-state index in [0.29, 0.717) is 11.8 Å². The molecule has 0 saturated carbocycles. The number of aromatic nitrogens is 2. The monoisotopic (exact) mass is 245 g/mol. The molecule has 0 fully saturated rings. The number of phenols is 1. The molecule has 0 aliphatic heterocycles. The highest BCUT2D eigenvalue weighted by Crippen LogP contribution is 2.13. The van der Waals surface area contributed by atoms with Crippen molar-refractivity contribution in [1.82, 2.24) is 9.78 Å². The van der Waals surface area contributed by atoms with Gasteiger partial charge in [-0.05, 0) is 37.5 Å². The van der Waals surface area contributed by atoms with E-state index < -0.39 is 0 Å². The number of aromatic hydroxyl groups is 1. The van der Waals surface area contributed by atoms with Crippen molar-refractivity contribution >= 4 is 5.82 Å². The van der Waals surface area contributed by atoms with Gasteiger partial charge in [-0.25, -0.2) is 0 Å². The standard InChI is InChI=1S/C14H19N3O/c1-11(15-14-9-10-17(2)16-14)3-4-12-5-7-13(18)8-6-12/h5-11,18H,3-4H2,1-2H3,(H,15,16). The van der Waals surface area contributed by atoms with Crippen molar-refractivity contribution in [2.24, 2.45) is 7.05 Å². The molecular weight excluding hydrogens is 226 g/mol. The maximum atomic E-state index is 9.21. The molecule has 1 unspecified atom stereocenters. The fraction of sp³-hybridized carbons (Fsp3) is 0.357. The van der Waals surface area contributed by atoms with E-state index in [1.807, 2.05) is 31.4 Å². The molecule has 0 aliphatic rings. The quantitative estimate of drug-likeness (QED) is 0.851. The van der Waals surface area contributed by atoms with Crippen molar-refractivity contribution in [2.75, 3.05) is 5.32 Å². The third-order valence-electron chi connectivity index (χ3n) is 2.91. The van der Waals surface area contributed by atoms with E-state index in [1.165, 1.54) is 5.56 Å². The third kappa shape index (κ3) is 3.52. The summed E-state index contributed by atoms with van der Waals surface area (Å²) in [5.41, 5.74) is 1.24. The van der Waals surface area contributed by atoms with Crippen LogP contribution >= 0.6 is 0 Å². The van der Waals surface area contributed by atoms with Gasteiger partial charge in [0, 0.05) is 25.4 Å². The Morgan fingerprint density at radius 3 is 2.61 bits per heavy atom. The van der Waals surface area contributed by atoms with Crippen molar-refractivity contribution in [1.29, 1.82) is 0 Å². The van der Waals surface area contributed by atoms with Gasteiger partial charge >= 0.3 is 0 Å². The second-order valence-electron chi connectivity index (χ2n) is 4.63. The lowest BCUT2D eigenvalue weighted by molar-refractivity contribution is 0.475. The third-order valence-corrected chi connectivity index (χ3v) is 2.91. The largest absolute Gasteiger partial charge is 0.508 e. The van der Waals surface area contributed by atoms with Gasteiger partial charge in [0.05, 0.1) is 0 Å². The van der Waals surface area contributed by atoms with Crippen molar-refractivity contribution < 1.29 is 5.11 Å². The van der Waals surface area contributed by atoms with Crippen LogP contribution < -0.4 is 5.32 Å². The Hall–Kier alpha value is -1.97. The molecule has 18 heavy (non-hydrogen) atoms. The van der Waals surface area contributed by atoms with Gasteiger partial charge in [0.15, 0.2) is 0 Å². The average Bonchev–Trinajstić information content (AvgIpc) is 2.74. The summed E-state index contributed by atoms with van der Waals surface area (Å²) < 4.78 is 1.79. The van der Waals surface area contributed by atoms with E-state index in [2.05, 4.69) is 17.3 Å². The highest BCUT2D eigenvalue weighted by molar-refractivity contribution is 5.33. The molecule has 2 aromatic rings. The summed E-state index contributed by atoms with van der Waals surface area (Å²) in [7, 11) is 1.91. The summed E-state index contributed by atoms with van der Waals surface area (Å²) in [6.07, 6.45) is 3.94. The van der Waals surface area contributed by atoms with Gasteiger partial charge in [-0.1, -0.05) is 12.1 Å². The van der Waals surface area contributed by atoms with Gasteiger partial charge in [0.1, 0.15) is 11.6 Å². The number of hydrogen-bond acceptors (Lipinski definition) is 3. The highest BCUT2D eigenvalue weighted by Gasteiger charge is 2.04. The highest BCUT2D eigenvalue weighted by atomic mass is 16.3. The lowest BCUT2D eigenvalue weighted by Gasteiger charge is -2.12. The average molecular weight is 245 g/mol. The van der Waals surface area contributed by atoms with Gasteiger partial charge < -0.3 is 10.4 Å². The molecule has 2 rings (SSSR count). The van der Waals surface area contributed by atoms with E-state index in [1.54, 1.807) is 16.8 Å². The Kier molecular flexibility index (Phi) is 3.87. The normalized spacial score (nSPS) is 12.3. The molecule has 1 atom stereocenters. The van der Waals surface area contributed by atoms with Gasteiger partial charge in [-0.15, -0.1) is 0 Å². The summed E-state index contributed by atoms with van der Waals surface area (Å²) in [6.45, 7) is 2.15. The number of nitrogens with zero attached hydrogens (tertiary/aromatic N) is 2. The Balaban J connectivity index is 1.81. The smallest absolute Gasteiger partial charge is 0.148 e. The van der Waals surface area contributed by atoms with Crippen LogP contribution in [0.1, 0.15) is 18.9 Å². The topological polar surface area (TPSA) is 50.1 Å². The van der Waals surface area contributed by atoms with Crippen LogP contribution in [-0.4, -0.2) is 20.9 Å². The molecule has 4 nitrogen and oxygen atoms in total. The number of benzene rings is 1. The zero-order valence-corrected chi connectivity index (χ0v) is 10.8. The van der Waals surface area contributed by atoms with E-state index in [4.69, 9.17) is 0 Å². The van der Waals surface area contributed by atoms with Crippen molar-refractivity contribution in [3.05, 3.63) is 42.1 Å². The van der Waals surface area contributed by atoms with Crippen LogP contribution in [0, 0.1) is 0 Å². The molecule has 1 aromatic heterocycles. The van der Waals surface area contributed by atoms with E-state index in [0.717, 1.165) is 18.7 Å². The first-order valence-corrected chi connectivity index (χ1v) is 6.17. The minimum Gasteiger partial charge on any atom is -0.508 e. The van der Waals surface area contributed by atoms with Crippen LogP contribution in [-0.2, 0) is 13.5 Å². The Morgan fingerprint density at radius 2 is 2.00 bits per heavy atom. The first-order valence-electron chi connectivity index (χ1n) is 6.17. The summed E-state index contributed by atoms with van der Waals surface area (Å²) in [6, 6.07) is 9.72. The maximum Gasteiger partial charge on any atom is 0.148 e. The van der Waals surface area contributed by atoms with Gasteiger partial charge in [-0.3, -0.25) is 4.68 Å². The number of rotatable bonds is 5. The van der Waals surface area contributed by atoms with E-state index >= 15 is 0 Å². The fourth-order valence-corrected chi connectivity index (χ4v) is 1.86. The molecule has 0 saturated heterocycles. The molecule has 96 valence electrons. The molecule has 1 heterocycles. The fourth-order valence-electron chi connectivity index (χ4n) is 1.86. The first kappa shape index (κ1) is 12.5. The Bertz CT molecular complexity index is 490. The lowest BCUT2D eigenvalue weighted by Crippen LogP contribution is -2.16. The molecule has 2 N–H and O–H groups in total. The molecule has 4 heteroatoms.